The summed E-state index contributed by atoms with van der Waals surface area (Å²) in [6.07, 6.45) is -14.0. The quantitative estimate of drug-likeness (QED) is 0.163. The Balaban J connectivity index is 1.51. The average molecular weight is 580 g/mol. The number of aliphatic hydroxyl groups is 5. The first kappa shape index (κ1) is 28.8. The van der Waals surface area contributed by atoms with Gasteiger partial charge in [-0.25, -0.2) is 0 Å². The fourth-order valence-electron chi connectivity index (χ4n) is 4.67. The normalized spacial score (nSPS) is 32.2. The monoisotopic (exact) mass is 580 g/mol. The minimum Gasteiger partial charge on any atom is -0.508 e. The molecular formula is C26H28O15. The highest BCUT2D eigenvalue weighted by molar-refractivity contribution is 5.88. The van der Waals surface area contributed by atoms with Gasteiger partial charge in [-0.05, 0) is 25.1 Å². The highest BCUT2D eigenvalue weighted by Crippen LogP contribution is 2.39. The maximum absolute atomic E-state index is 13.5. The van der Waals surface area contributed by atoms with Gasteiger partial charge in [-0.1, -0.05) is 0 Å². The van der Waals surface area contributed by atoms with Crippen LogP contribution >= 0.6 is 0 Å². The van der Waals surface area contributed by atoms with E-state index in [1.54, 1.807) is 0 Å². The van der Waals surface area contributed by atoms with E-state index >= 15 is 0 Å². The molecule has 9 atom stereocenters. The lowest BCUT2D eigenvalue weighted by Crippen LogP contribution is -2.62. The maximum Gasteiger partial charge on any atom is 0.239 e. The zero-order chi connectivity index (χ0) is 29.7. The van der Waals surface area contributed by atoms with Crippen LogP contribution in [0.1, 0.15) is 6.92 Å². The molecule has 2 aromatic carbocycles. The summed E-state index contributed by atoms with van der Waals surface area (Å²) in [5, 5.41) is 91.4. The lowest BCUT2D eigenvalue weighted by atomic mass is 9.99. The molecule has 1 aromatic heterocycles. The van der Waals surface area contributed by atoms with Gasteiger partial charge in [0.25, 0.3) is 0 Å². The van der Waals surface area contributed by atoms with Crippen LogP contribution in [-0.4, -0.2) is 108 Å². The van der Waals surface area contributed by atoms with Crippen molar-refractivity contribution in [3.8, 4) is 40.1 Å². The third-order valence-electron chi connectivity index (χ3n) is 6.91. The zero-order valence-corrected chi connectivity index (χ0v) is 21.3. The van der Waals surface area contributed by atoms with Crippen molar-refractivity contribution in [1.82, 2.24) is 0 Å². The fraction of sp³-hybridized carbons (Fsp3) is 0.423. The molecule has 0 saturated carbocycles. The number of hydrogen-bond acceptors (Lipinski definition) is 15. The summed E-state index contributed by atoms with van der Waals surface area (Å²) in [4.78, 5) is 13.5. The van der Waals surface area contributed by atoms with E-state index < -0.39 is 101 Å². The number of phenols is 4. The Morgan fingerprint density at radius 2 is 1.56 bits per heavy atom. The third-order valence-corrected chi connectivity index (χ3v) is 6.91. The van der Waals surface area contributed by atoms with Gasteiger partial charge in [0.1, 0.15) is 59.1 Å². The topological polar surface area (TPSA) is 249 Å². The number of rotatable bonds is 5. The van der Waals surface area contributed by atoms with Crippen molar-refractivity contribution in [2.24, 2.45) is 0 Å². The fourth-order valence-corrected chi connectivity index (χ4v) is 4.67. The molecule has 0 spiro atoms. The molecule has 2 aliphatic rings. The van der Waals surface area contributed by atoms with Crippen LogP contribution in [-0.2, 0) is 14.2 Å². The molecule has 3 heterocycles. The van der Waals surface area contributed by atoms with Crippen LogP contribution in [0.5, 0.6) is 28.7 Å². The van der Waals surface area contributed by atoms with E-state index in [2.05, 4.69) is 0 Å². The van der Waals surface area contributed by atoms with Gasteiger partial charge in [0.15, 0.2) is 23.5 Å². The molecule has 15 nitrogen and oxygen atoms in total. The summed E-state index contributed by atoms with van der Waals surface area (Å²) in [6.45, 7) is 0.916. The van der Waals surface area contributed by atoms with Crippen LogP contribution in [0.3, 0.4) is 0 Å². The second-order valence-electron chi connectivity index (χ2n) is 9.79. The Labute approximate surface area is 230 Å². The summed E-state index contributed by atoms with van der Waals surface area (Å²) in [5.41, 5.74) is -1.22. The van der Waals surface area contributed by atoms with E-state index in [0.29, 0.717) is 0 Å². The van der Waals surface area contributed by atoms with Crippen molar-refractivity contribution in [2.75, 3.05) is 6.61 Å². The summed E-state index contributed by atoms with van der Waals surface area (Å²) >= 11 is 0. The molecule has 0 unspecified atom stereocenters. The molecule has 0 bridgehead atoms. The first-order valence-corrected chi connectivity index (χ1v) is 12.4. The molecular weight excluding hydrogens is 552 g/mol. The first-order valence-electron chi connectivity index (χ1n) is 12.4. The summed E-state index contributed by atoms with van der Waals surface area (Å²) in [6, 6.07) is 5.37. The third kappa shape index (κ3) is 5.25. The zero-order valence-electron chi connectivity index (χ0n) is 21.3. The Morgan fingerprint density at radius 1 is 0.829 bits per heavy atom. The number of phenolic OH excluding ortho intramolecular Hbond substituents is 4. The van der Waals surface area contributed by atoms with Crippen LogP contribution in [0.2, 0.25) is 0 Å². The van der Waals surface area contributed by atoms with E-state index in [-0.39, 0.29) is 16.9 Å². The molecule has 41 heavy (non-hydrogen) atoms. The molecule has 222 valence electrons. The smallest absolute Gasteiger partial charge is 0.239 e. The average Bonchev–Trinajstić information content (AvgIpc) is 2.92. The Morgan fingerprint density at radius 3 is 2.27 bits per heavy atom. The van der Waals surface area contributed by atoms with Crippen LogP contribution in [0, 0.1) is 0 Å². The molecule has 0 radical (unpaired) electrons. The maximum atomic E-state index is 13.5. The van der Waals surface area contributed by atoms with Crippen molar-refractivity contribution in [2.45, 2.75) is 62.2 Å². The van der Waals surface area contributed by atoms with Crippen molar-refractivity contribution in [3.63, 3.8) is 0 Å². The van der Waals surface area contributed by atoms with Gasteiger partial charge >= 0.3 is 0 Å². The van der Waals surface area contributed by atoms with Crippen LogP contribution in [0.15, 0.2) is 39.5 Å². The molecule has 15 heteroatoms. The van der Waals surface area contributed by atoms with Gasteiger partial charge < -0.3 is 69.3 Å². The highest BCUT2D eigenvalue weighted by atomic mass is 16.7. The first-order chi connectivity index (χ1) is 19.4. The van der Waals surface area contributed by atoms with Crippen molar-refractivity contribution in [3.05, 3.63) is 40.6 Å². The molecule has 3 aromatic rings. The van der Waals surface area contributed by atoms with Gasteiger partial charge in [-0.2, -0.15) is 0 Å². The Bertz CT molecular complexity index is 1490. The van der Waals surface area contributed by atoms with Crippen LogP contribution in [0.25, 0.3) is 22.3 Å². The molecule has 9 N–H and O–H groups in total. The van der Waals surface area contributed by atoms with E-state index in [1.165, 1.54) is 13.0 Å². The summed E-state index contributed by atoms with van der Waals surface area (Å²) in [7, 11) is 0. The van der Waals surface area contributed by atoms with E-state index in [9.17, 15) is 50.8 Å². The van der Waals surface area contributed by atoms with Gasteiger partial charge in [-0.3, -0.25) is 4.79 Å². The molecule has 2 saturated heterocycles. The number of aliphatic hydroxyl groups excluding tert-OH is 5. The van der Waals surface area contributed by atoms with Crippen LogP contribution in [0.4, 0.5) is 0 Å². The SMILES string of the molecule is C[C@H]1O[C@H](O[C@@H]2[C@@H](O)[C@@H](Oc3c(-c4ccc(O)c(O)c4)oc4cc(O)cc(O)c4c3=O)OC[C@@H]2O)[C@@H](O)[C@@H](O)[C@@H]1O. The number of ether oxygens (including phenoxy) is 4. The largest absolute Gasteiger partial charge is 0.508 e. The number of benzene rings is 2. The molecule has 2 fully saturated rings. The number of aromatic hydroxyl groups is 4. The Hall–Kier alpha value is -3.67. The molecule has 0 aliphatic carbocycles. The van der Waals surface area contributed by atoms with Gasteiger partial charge in [0.05, 0.1) is 12.7 Å². The molecule has 0 amide bonds. The standard InChI is InChI=1S/C26H28O15/c1-8-17(32)19(34)20(35)26(38-8)40-23-14(31)7-37-25(21(23)36)41-24-18(33)16-13(30)5-10(27)6-15(16)39-22(24)9-2-3-11(28)12(29)4-9/h2-6,8,14,17,19-21,23,25-32,34-36H,7H2,1H3/t8-,14+,17-,19+,20+,21-,23+,25-,26-/m1/s1. The van der Waals surface area contributed by atoms with Crippen molar-refractivity contribution >= 4 is 11.0 Å². The minimum absolute atomic E-state index is 0.00975. The van der Waals surface area contributed by atoms with E-state index in [4.69, 9.17) is 23.4 Å². The van der Waals surface area contributed by atoms with E-state index in [0.717, 1.165) is 24.3 Å². The predicted octanol–water partition coefficient (Wildman–Crippen LogP) is -1.05. The number of hydrogen-bond donors (Lipinski definition) is 9. The van der Waals surface area contributed by atoms with Crippen molar-refractivity contribution < 1.29 is 69.3 Å². The molecule has 2 aliphatic heterocycles. The minimum atomic E-state index is -1.85. The highest BCUT2D eigenvalue weighted by Gasteiger charge is 2.48. The van der Waals surface area contributed by atoms with Gasteiger partial charge in [0, 0.05) is 17.7 Å². The Kier molecular flexibility index (Phi) is 7.71. The van der Waals surface area contributed by atoms with Crippen LogP contribution < -0.4 is 10.2 Å². The number of fused-ring (bicyclic) bond motifs is 1. The molecule has 5 rings (SSSR count). The van der Waals surface area contributed by atoms with Gasteiger partial charge in [0.2, 0.25) is 17.5 Å². The second-order valence-corrected chi connectivity index (χ2v) is 9.79. The van der Waals surface area contributed by atoms with E-state index in [1.807, 2.05) is 0 Å². The lowest BCUT2D eigenvalue weighted by molar-refractivity contribution is -0.338. The lowest BCUT2D eigenvalue weighted by Gasteiger charge is -2.43. The van der Waals surface area contributed by atoms with Crippen molar-refractivity contribution in [1.29, 1.82) is 0 Å². The second kappa shape index (κ2) is 11.0. The summed E-state index contributed by atoms with van der Waals surface area (Å²) < 4.78 is 27.8. The predicted molar refractivity (Wildman–Crippen MR) is 134 cm³/mol. The summed E-state index contributed by atoms with van der Waals surface area (Å²) in [5.74, 6) is -3.10. The van der Waals surface area contributed by atoms with Gasteiger partial charge in [-0.15, -0.1) is 0 Å².